The Bertz CT molecular complexity index is 787. The van der Waals surface area contributed by atoms with Gasteiger partial charge in [-0.3, -0.25) is 9.69 Å². The monoisotopic (exact) mass is 332 g/mol. The fraction of sp³-hybridized carbons (Fsp3) is 0.333. The Morgan fingerprint density at radius 3 is 2.74 bits per heavy atom. The molecule has 23 heavy (non-hydrogen) atoms. The van der Waals surface area contributed by atoms with Gasteiger partial charge in [0.1, 0.15) is 13.1 Å². The smallest absolute Gasteiger partial charge is 0.327 e. The van der Waals surface area contributed by atoms with Gasteiger partial charge in [0.05, 0.1) is 10.6 Å². The maximum atomic E-state index is 12.3. The number of imide groups is 1. The first-order valence-electron chi connectivity index (χ1n) is 7.32. The molecule has 0 unspecified atom stereocenters. The van der Waals surface area contributed by atoms with Crippen LogP contribution in [0.3, 0.4) is 0 Å². The molecular formula is C15H13ClN4O3. The minimum atomic E-state index is -0.282. The fourth-order valence-electron chi connectivity index (χ4n) is 2.58. The van der Waals surface area contributed by atoms with Crippen LogP contribution < -0.4 is 0 Å². The molecule has 2 fully saturated rings. The van der Waals surface area contributed by atoms with Crippen LogP contribution in [0.4, 0.5) is 4.79 Å². The molecule has 7 nitrogen and oxygen atoms in total. The van der Waals surface area contributed by atoms with E-state index in [1.165, 1.54) is 0 Å². The van der Waals surface area contributed by atoms with Crippen molar-refractivity contribution in [3.63, 3.8) is 0 Å². The fourth-order valence-corrected chi connectivity index (χ4v) is 2.80. The molecule has 1 aliphatic heterocycles. The third-order valence-corrected chi connectivity index (χ3v) is 4.26. The highest BCUT2D eigenvalue weighted by Gasteiger charge is 2.44. The van der Waals surface area contributed by atoms with Crippen LogP contribution in [-0.4, -0.2) is 44.5 Å². The normalized spacial score (nSPS) is 18.1. The number of halogens is 1. The predicted molar refractivity (Wildman–Crippen MR) is 80.4 cm³/mol. The lowest BCUT2D eigenvalue weighted by Gasteiger charge is -2.14. The van der Waals surface area contributed by atoms with E-state index in [0.29, 0.717) is 10.6 Å². The summed E-state index contributed by atoms with van der Waals surface area (Å²) in [5.74, 6) is 0.238. The summed E-state index contributed by atoms with van der Waals surface area (Å²) in [5.41, 5.74) is 0.617. The van der Waals surface area contributed by atoms with Crippen molar-refractivity contribution in [1.82, 2.24) is 20.0 Å². The minimum Gasteiger partial charge on any atom is -0.419 e. The number of carbonyl (C=O) groups is 2. The second-order valence-corrected chi connectivity index (χ2v) is 6.01. The van der Waals surface area contributed by atoms with Gasteiger partial charge >= 0.3 is 6.03 Å². The average molecular weight is 333 g/mol. The summed E-state index contributed by atoms with van der Waals surface area (Å²) in [4.78, 5) is 27.0. The Kier molecular flexibility index (Phi) is 3.30. The zero-order chi connectivity index (χ0) is 16.0. The maximum absolute atomic E-state index is 12.3. The SMILES string of the molecule is O=C1CN(C2CC2)C(=O)N1Cc1nnc(-c2ccccc2Cl)o1. The van der Waals surface area contributed by atoms with Gasteiger partial charge in [-0.15, -0.1) is 10.2 Å². The number of amides is 3. The molecule has 3 amide bonds. The van der Waals surface area contributed by atoms with Gasteiger partial charge in [-0.1, -0.05) is 23.7 Å². The number of hydrogen-bond donors (Lipinski definition) is 0. The van der Waals surface area contributed by atoms with Gasteiger partial charge in [0.25, 0.3) is 5.91 Å². The van der Waals surface area contributed by atoms with Crippen LogP contribution >= 0.6 is 11.6 Å². The number of nitrogens with zero attached hydrogens (tertiary/aromatic N) is 4. The number of rotatable bonds is 4. The Labute approximate surface area is 136 Å². The molecule has 0 spiro atoms. The lowest BCUT2D eigenvalue weighted by molar-refractivity contribution is -0.126. The molecule has 0 radical (unpaired) electrons. The Morgan fingerprint density at radius 1 is 1.22 bits per heavy atom. The van der Waals surface area contributed by atoms with Crippen LogP contribution in [0.25, 0.3) is 11.5 Å². The molecule has 8 heteroatoms. The quantitative estimate of drug-likeness (QED) is 0.803. The zero-order valence-corrected chi connectivity index (χ0v) is 12.9. The molecular weight excluding hydrogens is 320 g/mol. The molecule has 4 rings (SSSR count). The zero-order valence-electron chi connectivity index (χ0n) is 12.1. The molecule has 0 bridgehead atoms. The van der Waals surface area contributed by atoms with Gasteiger partial charge in [-0.2, -0.15) is 0 Å². The second kappa shape index (κ2) is 5.34. The van der Waals surface area contributed by atoms with Gasteiger partial charge in [0.15, 0.2) is 0 Å². The van der Waals surface area contributed by atoms with Crippen LogP contribution in [0, 0.1) is 0 Å². The Morgan fingerprint density at radius 2 is 2.00 bits per heavy atom. The summed E-state index contributed by atoms with van der Waals surface area (Å²) >= 11 is 6.09. The maximum Gasteiger partial charge on any atom is 0.327 e. The molecule has 2 heterocycles. The van der Waals surface area contributed by atoms with Crippen molar-refractivity contribution in [1.29, 1.82) is 0 Å². The standard InChI is InChI=1S/C15H13ClN4O3/c16-11-4-2-1-3-10(11)14-18-17-12(23-14)7-20-13(21)8-19(15(20)22)9-5-6-9/h1-4,9H,5-8H2. The number of urea groups is 1. The molecule has 2 aromatic rings. The van der Waals surface area contributed by atoms with Gasteiger partial charge < -0.3 is 9.32 Å². The van der Waals surface area contributed by atoms with Crippen molar-refractivity contribution < 1.29 is 14.0 Å². The van der Waals surface area contributed by atoms with E-state index in [9.17, 15) is 9.59 Å². The second-order valence-electron chi connectivity index (χ2n) is 5.60. The largest absolute Gasteiger partial charge is 0.419 e. The number of carbonyl (C=O) groups excluding carboxylic acids is 2. The number of aromatic nitrogens is 2. The van der Waals surface area contributed by atoms with Crippen molar-refractivity contribution in [2.75, 3.05) is 6.54 Å². The van der Waals surface area contributed by atoms with Crippen LogP contribution in [0.2, 0.25) is 5.02 Å². The summed E-state index contributed by atoms with van der Waals surface area (Å²) in [6.45, 7) is 0.118. The third kappa shape index (κ3) is 2.57. The average Bonchev–Trinajstić information content (AvgIpc) is 3.22. The Hall–Kier alpha value is -2.41. The Balaban J connectivity index is 1.53. The summed E-state index contributed by atoms with van der Waals surface area (Å²) in [5, 5.41) is 8.35. The van der Waals surface area contributed by atoms with Gasteiger partial charge in [0, 0.05) is 6.04 Å². The van der Waals surface area contributed by atoms with Crippen LogP contribution in [0.5, 0.6) is 0 Å². The van der Waals surface area contributed by atoms with Crippen molar-refractivity contribution in [3.8, 4) is 11.5 Å². The molecule has 1 saturated heterocycles. The molecule has 0 atom stereocenters. The molecule has 2 aliphatic rings. The molecule has 1 aliphatic carbocycles. The van der Waals surface area contributed by atoms with E-state index in [2.05, 4.69) is 10.2 Å². The molecule has 1 aromatic carbocycles. The van der Waals surface area contributed by atoms with E-state index in [0.717, 1.165) is 17.7 Å². The highest BCUT2D eigenvalue weighted by atomic mass is 35.5. The highest BCUT2D eigenvalue weighted by molar-refractivity contribution is 6.33. The molecule has 1 saturated carbocycles. The topological polar surface area (TPSA) is 79.5 Å². The summed E-state index contributed by atoms with van der Waals surface area (Å²) in [6, 6.07) is 7.03. The lowest BCUT2D eigenvalue weighted by atomic mass is 10.2. The van der Waals surface area contributed by atoms with Crippen LogP contribution in [0.1, 0.15) is 18.7 Å². The van der Waals surface area contributed by atoms with E-state index < -0.39 is 0 Å². The first-order valence-corrected chi connectivity index (χ1v) is 7.69. The minimum absolute atomic E-state index is 0.0155. The number of benzene rings is 1. The van der Waals surface area contributed by atoms with E-state index >= 15 is 0 Å². The van der Waals surface area contributed by atoms with Crippen molar-refractivity contribution >= 4 is 23.5 Å². The van der Waals surface area contributed by atoms with Crippen LogP contribution in [-0.2, 0) is 11.3 Å². The van der Waals surface area contributed by atoms with Crippen molar-refractivity contribution in [3.05, 3.63) is 35.2 Å². The van der Waals surface area contributed by atoms with Crippen molar-refractivity contribution in [2.24, 2.45) is 0 Å². The lowest BCUT2D eigenvalue weighted by Crippen LogP contribution is -2.33. The first kappa shape index (κ1) is 14.2. The third-order valence-electron chi connectivity index (χ3n) is 3.94. The van der Waals surface area contributed by atoms with E-state index in [1.807, 2.05) is 6.07 Å². The molecule has 118 valence electrons. The summed E-state index contributed by atoms with van der Waals surface area (Å²) in [7, 11) is 0. The van der Waals surface area contributed by atoms with Gasteiger partial charge in [0.2, 0.25) is 11.8 Å². The van der Waals surface area contributed by atoms with Gasteiger partial charge in [-0.25, -0.2) is 4.79 Å². The first-order chi connectivity index (χ1) is 11.1. The number of hydrogen-bond acceptors (Lipinski definition) is 5. The predicted octanol–water partition coefficient (Wildman–Crippen LogP) is 2.32. The van der Waals surface area contributed by atoms with E-state index in [1.54, 1.807) is 23.1 Å². The van der Waals surface area contributed by atoms with E-state index in [4.69, 9.17) is 16.0 Å². The summed E-state index contributed by atoms with van der Waals surface area (Å²) < 4.78 is 5.55. The van der Waals surface area contributed by atoms with E-state index in [-0.39, 0.29) is 42.9 Å². The molecule has 1 aromatic heterocycles. The van der Waals surface area contributed by atoms with Gasteiger partial charge in [-0.05, 0) is 25.0 Å². The summed E-state index contributed by atoms with van der Waals surface area (Å²) in [6.07, 6.45) is 1.92. The van der Waals surface area contributed by atoms with Crippen molar-refractivity contribution in [2.45, 2.75) is 25.4 Å². The van der Waals surface area contributed by atoms with Crippen LogP contribution in [0.15, 0.2) is 28.7 Å². The molecule has 0 N–H and O–H groups in total. The highest BCUT2D eigenvalue weighted by Crippen LogP contribution is 2.31.